The van der Waals surface area contributed by atoms with E-state index in [4.69, 9.17) is 9.47 Å². The van der Waals surface area contributed by atoms with Gasteiger partial charge in [-0.2, -0.15) is 0 Å². The highest BCUT2D eigenvalue weighted by Gasteiger charge is 2.31. The van der Waals surface area contributed by atoms with Gasteiger partial charge in [0, 0.05) is 30.7 Å². The Labute approximate surface area is 210 Å². The molecule has 1 amide bonds. The summed E-state index contributed by atoms with van der Waals surface area (Å²) in [6.45, 7) is 2.54. The number of halogens is 1. The van der Waals surface area contributed by atoms with Gasteiger partial charge in [-0.05, 0) is 63.7 Å². The molecule has 182 valence electrons. The summed E-state index contributed by atoms with van der Waals surface area (Å²) < 4.78 is 25.6. The van der Waals surface area contributed by atoms with E-state index in [1.807, 2.05) is 66.7 Å². The van der Waals surface area contributed by atoms with Crippen molar-refractivity contribution in [2.75, 3.05) is 14.2 Å². The zero-order valence-corrected chi connectivity index (χ0v) is 20.5. The molecule has 1 aliphatic carbocycles. The fourth-order valence-electron chi connectivity index (χ4n) is 5.00. The third kappa shape index (κ3) is 4.38. The number of methoxy groups -OCH3 is 2. The van der Waals surface area contributed by atoms with Crippen LogP contribution in [0.1, 0.15) is 57.1 Å². The smallest absolute Gasteiger partial charge is 0.251 e. The Kier molecular flexibility index (Phi) is 6.57. The molecule has 0 fully saturated rings. The number of amides is 1. The van der Waals surface area contributed by atoms with Crippen LogP contribution in [0.25, 0.3) is 11.1 Å². The Bertz CT molecular complexity index is 1410. The standard InChI is InChI=1S/C31H28FNO3/c1-19-27-16-21(24-6-4-5-7-29(24)32)10-14-25(27)30(36-3)26-15-11-22(17-28(19)26)31(34)33-18-20-8-12-23(35-2)13-9-20/h4-17,19,30H,18H2,1-3H3,(H,33,34)/t19-,30+/m1/s1. The van der Waals surface area contributed by atoms with E-state index in [-0.39, 0.29) is 23.7 Å². The highest BCUT2D eigenvalue weighted by molar-refractivity contribution is 5.94. The number of fused-ring (bicyclic) bond motifs is 2. The fraction of sp³-hybridized carbons (Fsp3) is 0.194. The van der Waals surface area contributed by atoms with Crippen molar-refractivity contribution in [3.8, 4) is 16.9 Å². The highest BCUT2D eigenvalue weighted by Crippen LogP contribution is 2.45. The number of nitrogens with one attached hydrogen (secondary N) is 1. The van der Waals surface area contributed by atoms with Gasteiger partial charge in [0.1, 0.15) is 17.7 Å². The molecule has 4 aromatic carbocycles. The minimum atomic E-state index is -0.253. The van der Waals surface area contributed by atoms with Crippen LogP contribution in [0.15, 0.2) is 84.9 Å². The van der Waals surface area contributed by atoms with Gasteiger partial charge in [0.25, 0.3) is 5.91 Å². The zero-order chi connectivity index (χ0) is 25.2. The van der Waals surface area contributed by atoms with Crippen LogP contribution >= 0.6 is 0 Å². The summed E-state index contributed by atoms with van der Waals surface area (Å²) >= 11 is 0. The molecule has 0 unspecified atom stereocenters. The maximum Gasteiger partial charge on any atom is 0.251 e. The second-order valence-electron chi connectivity index (χ2n) is 9.04. The highest BCUT2D eigenvalue weighted by atomic mass is 19.1. The molecule has 4 nitrogen and oxygen atoms in total. The molecule has 4 aromatic rings. The normalized spacial score (nSPS) is 16.1. The Morgan fingerprint density at radius 3 is 2.25 bits per heavy atom. The van der Waals surface area contributed by atoms with Crippen molar-refractivity contribution in [1.29, 1.82) is 0 Å². The van der Waals surface area contributed by atoms with Gasteiger partial charge < -0.3 is 14.8 Å². The SMILES string of the molecule is COc1ccc(CNC(=O)c2ccc3c(c2)[C@H](C)c2cc(-c4ccccc4F)ccc2[C@@H]3OC)cc1. The monoisotopic (exact) mass is 481 g/mol. The van der Waals surface area contributed by atoms with E-state index in [9.17, 15) is 9.18 Å². The van der Waals surface area contributed by atoms with E-state index in [0.29, 0.717) is 17.7 Å². The second kappa shape index (κ2) is 9.96. The molecule has 0 bridgehead atoms. The van der Waals surface area contributed by atoms with Gasteiger partial charge in [0.15, 0.2) is 0 Å². The van der Waals surface area contributed by atoms with Crippen molar-refractivity contribution < 1.29 is 18.7 Å². The van der Waals surface area contributed by atoms with E-state index in [0.717, 1.165) is 39.1 Å². The lowest BCUT2D eigenvalue weighted by Crippen LogP contribution is -2.24. The molecule has 0 radical (unpaired) electrons. The van der Waals surface area contributed by atoms with E-state index < -0.39 is 0 Å². The fourth-order valence-corrected chi connectivity index (χ4v) is 5.00. The summed E-state index contributed by atoms with van der Waals surface area (Å²) in [6, 6.07) is 26.2. The maximum atomic E-state index is 14.5. The molecular formula is C31H28FNO3. The van der Waals surface area contributed by atoms with Gasteiger partial charge in [0.2, 0.25) is 0 Å². The van der Waals surface area contributed by atoms with Crippen LogP contribution in [-0.2, 0) is 11.3 Å². The summed E-state index contributed by atoms with van der Waals surface area (Å²) in [5.74, 6) is 0.406. The lowest BCUT2D eigenvalue weighted by atomic mass is 9.76. The first-order chi connectivity index (χ1) is 17.5. The van der Waals surface area contributed by atoms with Crippen LogP contribution < -0.4 is 10.1 Å². The summed E-state index contributed by atoms with van der Waals surface area (Å²) in [4.78, 5) is 13.0. The van der Waals surface area contributed by atoms with Gasteiger partial charge in [-0.15, -0.1) is 0 Å². The Morgan fingerprint density at radius 2 is 1.56 bits per heavy atom. The lowest BCUT2D eigenvalue weighted by molar-refractivity contribution is 0.0950. The predicted molar refractivity (Wildman–Crippen MR) is 139 cm³/mol. The number of carbonyl (C=O) groups excluding carboxylic acids is 1. The van der Waals surface area contributed by atoms with Crippen molar-refractivity contribution >= 4 is 5.91 Å². The quantitative estimate of drug-likeness (QED) is 0.336. The molecule has 0 saturated carbocycles. The number of hydrogen-bond donors (Lipinski definition) is 1. The maximum absolute atomic E-state index is 14.5. The molecule has 0 spiro atoms. The molecule has 1 aliphatic rings. The summed E-state index contributed by atoms with van der Waals surface area (Å²) in [7, 11) is 3.32. The van der Waals surface area contributed by atoms with Gasteiger partial charge in [0.05, 0.1) is 7.11 Å². The molecule has 0 aromatic heterocycles. The van der Waals surface area contributed by atoms with Crippen LogP contribution in [0.3, 0.4) is 0 Å². The molecule has 2 atom stereocenters. The summed E-state index contributed by atoms with van der Waals surface area (Å²) in [5, 5.41) is 3.00. The van der Waals surface area contributed by atoms with Gasteiger partial charge in [-0.1, -0.05) is 61.5 Å². The van der Waals surface area contributed by atoms with Gasteiger partial charge >= 0.3 is 0 Å². The first-order valence-corrected chi connectivity index (χ1v) is 12.0. The molecule has 5 rings (SSSR count). The van der Waals surface area contributed by atoms with Crippen molar-refractivity contribution in [2.45, 2.75) is 25.5 Å². The van der Waals surface area contributed by atoms with Gasteiger partial charge in [-0.3, -0.25) is 4.79 Å². The van der Waals surface area contributed by atoms with Gasteiger partial charge in [-0.25, -0.2) is 4.39 Å². The number of hydrogen-bond acceptors (Lipinski definition) is 3. The zero-order valence-electron chi connectivity index (χ0n) is 20.5. The second-order valence-corrected chi connectivity index (χ2v) is 9.04. The summed E-state index contributed by atoms with van der Waals surface area (Å²) in [6.07, 6.45) is -0.253. The first kappa shape index (κ1) is 23.8. The Morgan fingerprint density at radius 1 is 0.861 bits per heavy atom. The van der Waals surface area contributed by atoms with Crippen LogP contribution in [0, 0.1) is 5.82 Å². The molecular weight excluding hydrogens is 453 g/mol. The van der Waals surface area contributed by atoms with Crippen molar-refractivity contribution in [1.82, 2.24) is 5.32 Å². The molecule has 5 heteroatoms. The number of ether oxygens (including phenoxy) is 2. The molecule has 1 N–H and O–H groups in total. The number of carbonyl (C=O) groups is 1. The number of benzene rings is 4. The molecule has 0 aliphatic heterocycles. The average Bonchev–Trinajstić information content (AvgIpc) is 2.92. The first-order valence-electron chi connectivity index (χ1n) is 12.0. The van der Waals surface area contributed by atoms with Crippen molar-refractivity contribution in [3.05, 3.63) is 124 Å². The lowest BCUT2D eigenvalue weighted by Gasteiger charge is -2.32. The van der Waals surface area contributed by atoms with E-state index in [1.54, 1.807) is 26.4 Å². The average molecular weight is 482 g/mol. The third-order valence-electron chi connectivity index (χ3n) is 6.97. The van der Waals surface area contributed by atoms with Crippen molar-refractivity contribution in [2.24, 2.45) is 0 Å². The van der Waals surface area contributed by atoms with Crippen LogP contribution in [-0.4, -0.2) is 20.1 Å². The van der Waals surface area contributed by atoms with Crippen LogP contribution in [0.4, 0.5) is 4.39 Å². The molecule has 0 saturated heterocycles. The minimum Gasteiger partial charge on any atom is -0.497 e. The Balaban J connectivity index is 1.44. The van der Waals surface area contributed by atoms with E-state index in [1.165, 1.54) is 6.07 Å². The number of rotatable bonds is 6. The van der Waals surface area contributed by atoms with Crippen LogP contribution in [0.2, 0.25) is 0 Å². The van der Waals surface area contributed by atoms with Crippen molar-refractivity contribution in [3.63, 3.8) is 0 Å². The Hall–Kier alpha value is -3.96. The van der Waals surface area contributed by atoms with E-state index in [2.05, 4.69) is 12.2 Å². The predicted octanol–water partition coefficient (Wildman–Crippen LogP) is 6.63. The molecule has 0 heterocycles. The minimum absolute atomic E-state index is 0.0162. The van der Waals surface area contributed by atoms with E-state index >= 15 is 0 Å². The topological polar surface area (TPSA) is 47.6 Å². The largest absolute Gasteiger partial charge is 0.497 e. The third-order valence-corrected chi connectivity index (χ3v) is 6.97. The summed E-state index contributed by atoms with van der Waals surface area (Å²) in [5.41, 5.74) is 7.20. The molecule has 36 heavy (non-hydrogen) atoms. The van der Waals surface area contributed by atoms with Crippen LogP contribution in [0.5, 0.6) is 5.75 Å².